The largest absolute Gasteiger partial charge is 0.487 e. The van der Waals surface area contributed by atoms with Crippen molar-refractivity contribution in [1.82, 2.24) is 5.32 Å². The van der Waals surface area contributed by atoms with Gasteiger partial charge in [0.05, 0.1) is 5.02 Å². The molecule has 0 spiro atoms. The predicted molar refractivity (Wildman–Crippen MR) is 87.9 cm³/mol. The molecule has 7 heteroatoms. The molecule has 1 aromatic rings. The van der Waals surface area contributed by atoms with Gasteiger partial charge in [-0.3, -0.25) is 10.1 Å². The summed E-state index contributed by atoms with van der Waals surface area (Å²) in [6.07, 6.45) is 0.983. The van der Waals surface area contributed by atoms with E-state index >= 15 is 0 Å². The number of hydrogen-bond acceptors (Lipinski definition) is 5. The lowest BCUT2D eigenvalue weighted by Crippen LogP contribution is -2.46. The smallest absolute Gasteiger partial charge is 0.333 e. The molecular formula is C16H19Cl2NO4. The second-order valence-corrected chi connectivity index (χ2v) is 6.59. The Labute approximate surface area is 145 Å². The fourth-order valence-electron chi connectivity index (χ4n) is 2.40. The average Bonchev–Trinajstić information content (AvgIpc) is 2.85. The molecule has 1 aliphatic rings. The fraction of sp³-hybridized carbons (Fsp3) is 0.500. The molecule has 1 aliphatic heterocycles. The van der Waals surface area contributed by atoms with Gasteiger partial charge in [-0.25, -0.2) is 4.79 Å². The number of ether oxygens (including phenoxy) is 2. The van der Waals surface area contributed by atoms with E-state index in [1.807, 2.05) is 6.92 Å². The number of carbonyl (C=O) groups excluding carboxylic acids is 2. The van der Waals surface area contributed by atoms with Crippen LogP contribution in [0.15, 0.2) is 18.2 Å². The number of esters is 2. The van der Waals surface area contributed by atoms with Crippen molar-refractivity contribution < 1.29 is 19.1 Å². The van der Waals surface area contributed by atoms with Crippen LogP contribution in [0.25, 0.3) is 0 Å². The van der Waals surface area contributed by atoms with E-state index in [2.05, 4.69) is 5.32 Å². The zero-order valence-electron chi connectivity index (χ0n) is 13.0. The van der Waals surface area contributed by atoms with Gasteiger partial charge in [-0.15, -0.1) is 0 Å². The van der Waals surface area contributed by atoms with Crippen LogP contribution in [0.1, 0.15) is 33.1 Å². The average molecular weight is 360 g/mol. The second-order valence-electron chi connectivity index (χ2n) is 5.74. The van der Waals surface area contributed by atoms with E-state index in [9.17, 15) is 9.59 Å². The normalized spacial score (nSPS) is 23.6. The molecule has 126 valence electrons. The predicted octanol–water partition coefficient (Wildman–Crippen LogP) is 3.36. The Hall–Kier alpha value is -1.30. The van der Waals surface area contributed by atoms with Gasteiger partial charge in [-0.1, -0.05) is 30.1 Å². The Morgan fingerprint density at radius 3 is 2.78 bits per heavy atom. The van der Waals surface area contributed by atoms with Crippen LogP contribution < -0.4 is 10.1 Å². The number of rotatable bonds is 5. The number of benzene rings is 1. The summed E-state index contributed by atoms with van der Waals surface area (Å²) in [5.74, 6) is -0.586. The van der Waals surface area contributed by atoms with Gasteiger partial charge in [0.1, 0.15) is 17.4 Å². The standard InChI is InChI=1S/C16H19Cl2NO4/c1-3-4-14(20)23-15(21)16(2)8-11(9-19-16)22-13-6-5-10(17)7-12(13)18/h5-7,11,19H,3-4,8-9H2,1-2H3/t11?,16-/m0/s1. The third-order valence-corrected chi connectivity index (χ3v) is 4.19. The van der Waals surface area contributed by atoms with E-state index in [1.165, 1.54) is 0 Å². The molecule has 1 unspecified atom stereocenters. The number of nitrogens with one attached hydrogen (secondary N) is 1. The van der Waals surface area contributed by atoms with Crippen LogP contribution in [-0.2, 0) is 14.3 Å². The minimum atomic E-state index is -0.951. The van der Waals surface area contributed by atoms with E-state index in [-0.39, 0.29) is 12.5 Å². The van der Waals surface area contributed by atoms with Crippen LogP contribution >= 0.6 is 23.2 Å². The van der Waals surface area contributed by atoms with Crippen molar-refractivity contribution in [3.63, 3.8) is 0 Å². The highest BCUT2D eigenvalue weighted by molar-refractivity contribution is 6.35. The highest BCUT2D eigenvalue weighted by atomic mass is 35.5. The minimum Gasteiger partial charge on any atom is -0.487 e. The van der Waals surface area contributed by atoms with Crippen molar-refractivity contribution >= 4 is 35.1 Å². The molecule has 0 bridgehead atoms. The van der Waals surface area contributed by atoms with E-state index in [0.29, 0.717) is 35.2 Å². The lowest BCUT2D eigenvalue weighted by atomic mass is 10.00. The quantitative estimate of drug-likeness (QED) is 0.644. The van der Waals surface area contributed by atoms with E-state index in [0.717, 1.165) is 0 Å². The third-order valence-electron chi connectivity index (χ3n) is 3.65. The first-order chi connectivity index (χ1) is 10.8. The van der Waals surface area contributed by atoms with Crippen LogP contribution in [-0.4, -0.2) is 30.1 Å². The Morgan fingerprint density at radius 1 is 1.39 bits per heavy atom. The molecule has 0 amide bonds. The van der Waals surface area contributed by atoms with Crippen molar-refractivity contribution in [3.05, 3.63) is 28.2 Å². The monoisotopic (exact) mass is 359 g/mol. The van der Waals surface area contributed by atoms with Gasteiger partial charge in [-0.2, -0.15) is 0 Å². The van der Waals surface area contributed by atoms with Crippen LogP contribution in [0.5, 0.6) is 5.75 Å². The maximum atomic E-state index is 12.2. The van der Waals surface area contributed by atoms with Crippen molar-refractivity contribution in [2.45, 2.75) is 44.8 Å². The molecular weight excluding hydrogens is 341 g/mol. The molecule has 5 nitrogen and oxygen atoms in total. The molecule has 23 heavy (non-hydrogen) atoms. The van der Waals surface area contributed by atoms with Gasteiger partial charge in [0.15, 0.2) is 0 Å². The Bertz CT molecular complexity index is 608. The summed E-state index contributed by atoms with van der Waals surface area (Å²) in [6, 6.07) is 4.96. The topological polar surface area (TPSA) is 64.6 Å². The SMILES string of the molecule is CCCC(=O)OC(=O)[C@]1(C)CC(Oc2ccc(Cl)cc2Cl)CN1. The molecule has 0 aliphatic carbocycles. The molecule has 1 heterocycles. The molecule has 0 radical (unpaired) electrons. The number of hydrogen-bond donors (Lipinski definition) is 1. The van der Waals surface area contributed by atoms with Gasteiger partial charge >= 0.3 is 11.9 Å². The minimum absolute atomic E-state index is 0.224. The highest BCUT2D eigenvalue weighted by Crippen LogP contribution is 2.31. The number of halogens is 2. The van der Waals surface area contributed by atoms with E-state index in [4.69, 9.17) is 32.7 Å². The van der Waals surface area contributed by atoms with Crippen molar-refractivity contribution in [1.29, 1.82) is 0 Å². The molecule has 1 N–H and O–H groups in total. The second kappa shape index (κ2) is 7.51. The van der Waals surface area contributed by atoms with Crippen molar-refractivity contribution in [3.8, 4) is 5.75 Å². The van der Waals surface area contributed by atoms with E-state index < -0.39 is 17.5 Å². The first-order valence-electron chi connectivity index (χ1n) is 7.46. The molecule has 1 aromatic carbocycles. The van der Waals surface area contributed by atoms with Crippen LogP contribution in [0, 0.1) is 0 Å². The van der Waals surface area contributed by atoms with E-state index in [1.54, 1.807) is 25.1 Å². The van der Waals surface area contributed by atoms with Gasteiger partial charge in [0.25, 0.3) is 0 Å². The highest BCUT2D eigenvalue weighted by Gasteiger charge is 2.44. The molecule has 2 atom stereocenters. The van der Waals surface area contributed by atoms with Gasteiger partial charge in [0.2, 0.25) is 0 Å². The first-order valence-corrected chi connectivity index (χ1v) is 8.21. The Balaban J connectivity index is 1.96. The van der Waals surface area contributed by atoms with Crippen molar-refractivity contribution in [2.24, 2.45) is 0 Å². The first kappa shape index (κ1) is 18.0. The van der Waals surface area contributed by atoms with Crippen molar-refractivity contribution in [2.75, 3.05) is 6.54 Å². The summed E-state index contributed by atoms with van der Waals surface area (Å²) in [5, 5.41) is 3.99. The molecule has 1 saturated heterocycles. The molecule has 1 fully saturated rings. The summed E-state index contributed by atoms with van der Waals surface area (Å²) in [7, 11) is 0. The number of carbonyl (C=O) groups is 2. The summed E-state index contributed by atoms with van der Waals surface area (Å²) < 4.78 is 10.7. The zero-order chi connectivity index (χ0) is 17.0. The summed E-state index contributed by atoms with van der Waals surface area (Å²) >= 11 is 11.9. The molecule has 0 aromatic heterocycles. The van der Waals surface area contributed by atoms with Gasteiger partial charge in [0, 0.05) is 24.4 Å². The molecule has 0 saturated carbocycles. The lowest BCUT2D eigenvalue weighted by molar-refractivity contribution is -0.164. The van der Waals surface area contributed by atoms with Crippen LogP contribution in [0.2, 0.25) is 10.0 Å². The summed E-state index contributed by atoms with van der Waals surface area (Å²) in [4.78, 5) is 23.6. The maximum Gasteiger partial charge on any atom is 0.333 e. The Morgan fingerprint density at radius 2 is 2.13 bits per heavy atom. The molecule has 2 rings (SSSR count). The maximum absolute atomic E-state index is 12.2. The summed E-state index contributed by atoms with van der Waals surface area (Å²) in [5.41, 5.74) is -0.951. The van der Waals surface area contributed by atoms with Gasteiger partial charge in [-0.05, 0) is 31.5 Å². The van der Waals surface area contributed by atoms with Crippen LogP contribution in [0.4, 0.5) is 0 Å². The Kier molecular flexibility index (Phi) is 5.89. The zero-order valence-corrected chi connectivity index (χ0v) is 14.5. The van der Waals surface area contributed by atoms with Gasteiger partial charge < -0.3 is 9.47 Å². The lowest BCUT2D eigenvalue weighted by Gasteiger charge is -2.21. The summed E-state index contributed by atoms with van der Waals surface area (Å²) in [6.45, 7) is 3.99. The van der Waals surface area contributed by atoms with Crippen LogP contribution in [0.3, 0.4) is 0 Å². The third kappa shape index (κ3) is 4.59. The fourth-order valence-corrected chi connectivity index (χ4v) is 2.85.